The monoisotopic (exact) mass is 341 g/mol. The number of hydrogen-bond donors (Lipinski definition) is 0. The summed E-state index contributed by atoms with van der Waals surface area (Å²) in [4.78, 5) is 26.5. The van der Waals surface area contributed by atoms with Gasteiger partial charge >= 0.3 is 0 Å². The predicted molar refractivity (Wildman–Crippen MR) is 102 cm³/mol. The van der Waals surface area contributed by atoms with Gasteiger partial charge in [-0.3, -0.25) is 9.78 Å². The van der Waals surface area contributed by atoms with Gasteiger partial charge in [0.25, 0.3) is 5.56 Å². The van der Waals surface area contributed by atoms with Crippen LogP contribution in [-0.2, 0) is 12.8 Å². The van der Waals surface area contributed by atoms with Gasteiger partial charge in [-0.05, 0) is 49.4 Å². The van der Waals surface area contributed by atoms with Gasteiger partial charge in [-0.2, -0.15) is 0 Å². The maximum Gasteiger partial charge on any atom is 0.278 e. The van der Waals surface area contributed by atoms with E-state index in [0.717, 1.165) is 75.2 Å². The molecule has 0 unspecified atom stereocenters. The van der Waals surface area contributed by atoms with Gasteiger partial charge in [-0.1, -0.05) is 0 Å². The van der Waals surface area contributed by atoms with E-state index in [1.807, 2.05) is 18.2 Å². The topological polar surface area (TPSA) is 65.0 Å². The second-order valence-electron chi connectivity index (χ2n) is 7.04. The van der Waals surface area contributed by atoms with Crippen molar-refractivity contribution in [3.8, 4) is 5.75 Å². The van der Waals surface area contributed by atoms with Crippen molar-refractivity contribution in [3.05, 3.63) is 46.0 Å². The molecule has 0 atom stereocenters. The molecule has 3 heterocycles. The van der Waals surface area contributed by atoms with Crippen LogP contribution in [0, 0.1) is 0 Å². The molecule has 0 aliphatic heterocycles. The second kappa shape index (κ2) is 4.75. The van der Waals surface area contributed by atoms with E-state index in [1.54, 1.807) is 13.3 Å². The van der Waals surface area contributed by atoms with Crippen LogP contribution in [0.3, 0.4) is 0 Å². The molecule has 0 N–H and O–H groups in total. The Bertz CT molecular complexity index is 1390. The van der Waals surface area contributed by atoms with Crippen molar-refractivity contribution < 1.29 is 4.74 Å². The lowest BCUT2D eigenvalue weighted by atomic mass is 9.93. The summed E-state index contributed by atoms with van der Waals surface area (Å²) in [5.41, 5.74) is 4.82. The summed E-state index contributed by atoms with van der Waals surface area (Å²) in [5, 5.41) is 4.53. The zero-order valence-electron chi connectivity index (χ0n) is 14.3. The highest BCUT2D eigenvalue weighted by Crippen LogP contribution is 2.41. The third-order valence-corrected chi connectivity index (χ3v) is 5.70. The first kappa shape index (κ1) is 14.1. The fraction of sp³-hybridized carbons (Fsp3) is 0.238. The highest BCUT2D eigenvalue weighted by atomic mass is 16.5. The average Bonchev–Trinajstić information content (AvgIpc) is 3.33. The Morgan fingerprint density at radius 2 is 1.81 bits per heavy atom. The van der Waals surface area contributed by atoms with Gasteiger partial charge in [-0.25, -0.2) is 9.97 Å². The molecule has 126 valence electrons. The molecule has 0 fully saturated rings. The summed E-state index contributed by atoms with van der Waals surface area (Å²) in [6, 6.07) is 5.85. The molecule has 26 heavy (non-hydrogen) atoms. The van der Waals surface area contributed by atoms with Gasteiger partial charge < -0.3 is 4.74 Å². The molecule has 1 aliphatic carbocycles. The van der Waals surface area contributed by atoms with Crippen molar-refractivity contribution in [3.63, 3.8) is 0 Å². The van der Waals surface area contributed by atoms with E-state index in [2.05, 4.69) is 4.98 Å². The van der Waals surface area contributed by atoms with Crippen LogP contribution in [0.25, 0.3) is 43.5 Å². The smallest absolute Gasteiger partial charge is 0.278 e. The Kier molecular flexibility index (Phi) is 2.58. The fourth-order valence-electron chi connectivity index (χ4n) is 4.54. The zero-order chi connectivity index (χ0) is 17.4. The molecule has 0 saturated carbocycles. The lowest BCUT2D eigenvalue weighted by Crippen LogP contribution is -2.02. The van der Waals surface area contributed by atoms with Gasteiger partial charge in [0.1, 0.15) is 5.75 Å². The van der Waals surface area contributed by atoms with Gasteiger partial charge in [0, 0.05) is 33.4 Å². The van der Waals surface area contributed by atoms with Crippen molar-refractivity contribution in [1.29, 1.82) is 0 Å². The summed E-state index contributed by atoms with van der Waals surface area (Å²) >= 11 is 0. The minimum Gasteiger partial charge on any atom is -0.497 e. The number of benzene rings is 2. The van der Waals surface area contributed by atoms with E-state index in [-0.39, 0.29) is 5.56 Å². The first-order valence-electron chi connectivity index (χ1n) is 8.93. The lowest BCUT2D eigenvalue weighted by Gasteiger charge is -2.09. The summed E-state index contributed by atoms with van der Waals surface area (Å²) in [6.45, 7) is 0. The molecular formula is C21H15N3O2. The van der Waals surface area contributed by atoms with E-state index >= 15 is 0 Å². The minimum absolute atomic E-state index is 0.162. The summed E-state index contributed by atoms with van der Waals surface area (Å²) in [6.07, 6.45) is 5.94. The van der Waals surface area contributed by atoms with Gasteiger partial charge in [0.15, 0.2) is 0 Å². The fourth-order valence-corrected chi connectivity index (χ4v) is 4.54. The number of aryl methyl sites for hydroxylation is 2. The zero-order valence-corrected chi connectivity index (χ0v) is 14.3. The Morgan fingerprint density at radius 3 is 2.69 bits per heavy atom. The first-order chi connectivity index (χ1) is 12.8. The van der Waals surface area contributed by atoms with Gasteiger partial charge in [0.05, 0.1) is 29.0 Å². The van der Waals surface area contributed by atoms with Crippen molar-refractivity contribution in [2.24, 2.45) is 0 Å². The Hall–Kier alpha value is -3.08. The SMILES string of the molecule is COc1ccc2nc3c4nc5c(c4c4c(=O)ncc4c3c2c1)CCCC5. The standard InChI is InChI=1S/C21H15N3O2/c1-26-10-6-7-15-12(8-10)16-13-9-22-21(25)18(13)17-11-4-2-3-5-14(11)23-20(17)19(16)24-15/h6-9H,2-5H2,1H3. The van der Waals surface area contributed by atoms with Crippen molar-refractivity contribution >= 4 is 43.5 Å². The molecule has 0 bridgehead atoms. The van der Waals surface area contributed by atoms with E-state index in [9.17, 15) is 4.79 Å². The van der Waals surface area contributed by atoms with Crippen LogP contribution in [0.4, 0.5) is 0 Å². The third kappa shape index (κ3) is 1.60. The van der Waals surface area contributed by atoms with Crippen molar-refractivity contribution in [2.75, 3.05) is 7.11 Å². The number of methoxy groups -OCH3 is 1. The minimum atomic E-state index is -0.162. The summed E-state index contributed by atoms with van der Waals surface area (Å²) in [5.74, 6) is 0.775. The highest BCUT2D eigenvalue weighted by molar-refractivity contribution is 6.31. The Balaban J connectivity index is 1.93. The molecule has 0 amide bonds. The number of rotatable bonds is 1. The van der Waals surface area contributed by atoms with E-state index < -0.39 is 0 Å². The Labute approximate surface area is 148 Å². The Morgan fingerprint density at radius 1 is 0.962 bits per heavy atom. The molecule has 3 aromatic heterocycles. The van der Waals surface area contributed by atoms with Gasteiger partial charge in [-0.15, -0.1) is 0 Å². The summed E-state index contributed by atoms with van der Waals surface area (Å²) in [7, 11) is 1.65. The number of ether oxygens (including phenoxy) is 1. The van der Waals surface area contributed by atoms with Crippen LogP contribution >= 0.6 is 0 Å². The van der Waals surface area contributed by atoms with Crippen LogP contribution in [0.5, 0.6) is 5.75 Å². The molecule has 5 nitrogen and oxygen atoms in total. The normalized spacial score (nSPS) is 14.7. The molecule has 5 heteroatoms. The third-order valence-electron chi connectivity index (χ3n) is 5.70. The highest BCUT2D eigenvalue weighted by Gasteiger charge is 2.25. The van der Waals surface area contributed by atoms with E-state index in [0.29, 0.717) is 5.39 Å². The van der Waals surface area contributed by atoms with Crippen molar-refractivity contribution in [2.45, 2.75) is 25.7 Å². The van der Waals surface area contributed by atoms with Crippen LogP contribution in [-0.4, -0.2) is 22.1 Å². The lowest BCUT2D eigenvalue weighted by molar-refractivity contribution is 0.415. The number of fused-ring (bicyclic) bond motifs is 10. The van der Waals surface area contributed by atoms with Crippen molar-refractivity contribution in [1.82, 2.24) is 15.0 Å². The van der Waals surface area contributed by atoms with Gasteiger partial charge in [0.2, 0.25) is 0 Å². The van der Waals surface area contributed by atoms with E-state index in [4.69, 9.17) is 14.7 Å². The number of hydrogen-bond acceptors (Lipinski definition) is 5. The molecule has 0 saturated heterocycles. The van der Waals surface area contributed by atoms with Crippen LogP contribution in [0.15, 0.2) is 29.2 Å². The van der Waals surface area contributed by atoms with Crippen LogP contribution in [0.2, 0.25) is 0 Å². The number of aromatic nitrogens is 3. The van der Waals surface area contributed by atoms with Crippen LogP contribution in [0.1, 0.15) is 24.1 Å². The summed E-state index contributed by atoms with van der Waals surface area (Å²) < 4.78 is 5.39. The maximum atomic E-state index is 12.6. The molecule has 0 spiro atoms. The maximum absolute atomic E-state index is 12.6. The van der Waals surface area contributed by atoms with E-state index in [1.165, 1.54) is 5.56 Å². The first-order valence-corrected chi connectivity index (χ1v) is 8.93. The molecule has 1 aliphatic rings. The largest absolute Gasteiger partial charge is 0.497 e. The predicted octanol–water partition coefficient (Wildman–Crippen LogP) is 3.61. The number of nitrogens with zero attached hydrogens (tertiary/aromatic N) is 3. The molecule has 0 radical (unpaired) electrons. The molecule has 5 aromatic rings. The second-order valence-corrected chi connectivity index (χ2v) is 7.04. The molecule has 2 aromatic carbocycles. The van der Waals surface area contributed by atoms with Crippen LogP contribution < -0.4 is 10.3 Å². The molecular weight excluding hydrogens is 326 g/mol. The average molecular weight is 341 g/mol. The quantitative estimate of drug-likeness (QED) is 0.466. The molecule has 6 rings (SSSR count).